The van der Waals surface area contributed by atoms with Gasteiger partial charge in [0.05, 0.1) is 4.75 Å². The fourth-order valence-electron chi connectivity index (χ4n) is 1.56. The number of hydrogen-bond donors (Lipinski definition) is 0. The Morgan fingerprint density at radius 3 is 2.86 bits per heavy atom. The number of hydrogen-bond acceptors (Lipinski definition) is 4. The lowest BCUT2D eigenvalue weighted by Gasteiger charge is -2.16. The highest BCUT2D eigenvalue weighted by atomic mass is 35.5. The highest BCUT2D eigenvalue weighted by molar-refractivity contribution is 8.00. The maximum atomic E-state index is 5.87. The number of halogens is 1. The van der Waals surface area contributed by atoms with Crippen molar-refractivity contribution in [2.45, 2.75) is 36.8 Å². The molecule has 0 aromatic carbocycles. The molecular weight excluding hydrogens is 220 g/mol. The molecule has 1 saturated heterocycles. The number of nitrogens with zero attached hydrogens (tertiary/aromatic N) is 2. The second-order valence-corrected chi connectivity index (χ2v) is 6.00. The number of rotatable bonds is 2. The SMILES string of the molecule is CC(Cl)c1nnc(C2(C)CCCS2)o1. The standard InChI is InChI=1S/C9H13ClN2OS/c1-6(10)7-11-12-8(13-7)9(2)4-3-5-14-9/h6H,3-5H2,1-2H3. The third kappa shape index (κ3) is 1.77. The number of aromatic nitrogens is 2. The van der Waals surface area contributed by atoms with E-state index in [1.54, 1.807) is 0 Å². The summed E-state index contributed by atoms with van der Waals surface area (Å²) in [5, 5.41) is 7.81. The quantitative estimate of drug-likeness (QED) is 0.735. The first-order valence-electron chi connectivity index (χ1n) is 4.74. The first-order valence-corrected chi connectivity index (χ1v) is 6.16. The van der Waals surface area contributed by atoms with Gasteiger partial charge in [-0.2, -0.15) is 0 Å². The van der Waals surface area contributed by atoms with Gasteiger partial charge in [-0.1, -0.05) is 0 Å². The highest BCUT2D eigenvalue weighted by Gasteiger charge is 2.37. The van der Waals surface area contributed by atoms with Gasteiger partial charge in [0.1, 0.15) is 5.38 Å². The molecule has 2 heterocycles. The lowest BCUT2D eigenvalue weighted by atomic mass is 10.1. The molecule has 0 N–H and O–H groups in total. The van der Waals surface area contributed by atoms with Crippen molar-refractivity contribution in [1.82, 2.24) is 10.2 Å². The van der Waals surface area contributed by atoms with Gasteiger partial charge < -0.3 is 4.42 Å². The molecule has 0 bridgehead atoms. The van der Waals surface area contributed by atoms with Gasteiger partial charge >= 0.3 is 0 Å². The van der Waals surface area contributed by atoms with Crippen molar-refractivity contribution in [2.24, 2.45) is 0 Å². The predicted octanol–water partition coefficient (Wildman–Crippen LogP) is 3.11. The Kier molecular flexibility index (Phi) is 2.75. The maximum Gasteiger partial charge on any atom is 0.234 e. The van der Waals surface area contributed by atoms with E-state index in [1.807, 2.05) is 18.7 Å². The van der Waals surface area contributed by atoms with Crippen molar-refractivity contribution in [1.29, 1.82) is 0 Å². The van der Waals surface area contributed by atoms with E-state index in [9.17, 15) is 0 Å². The fourth-order valence-corrected chi connectivity index (χ4v) is 2.88. The van der Waals surface area contributed by atoms with Gasteiger partial charge in [-0.25, -0.2) is 0 Å². The van der Waals surface area contributed by atoms with Crippen LogP contribution in [0.15, 0.2) is 4.42 Å². The molecule has 2 rings (SSSR count). The van der Waals surface area contributed by atoms with E-state index in [2.05, 4.69) is 17.1 Å². The van der Waals surface area contributed by atoms with Gasteiger partial charge in [0.2, 0.25) is 11.8 Å². The number of thioether (sulfide) groups is 1. The van der Waals surface area contributed by atoms with Gasteiger partial charge in [0.25, 0.3) is 0 Å². The van der Waals surface area contributed by atoms with E-state index >= 15 is 0 Å². The molecule has 0 amide bonds. The molecule has 1 aromatic rings. The third-order valence-electron chi connectivity index (χ3n) is 2.45. The van der Waals surface area contributed by atoms with Crippen molar-refractivity contribution >= 4 is 23.4 Å². The topological polar surface area (TPSA) is 38.9 Å². The largest absolute Gasteiger partial charge is 0.422 e. The molecule has 0 aliphatic carbocycles. The van der Waals surface area contributed by atoms with Crippen LogP contribution in [0.3, 0.4) is 0 Å². The zero-order valence-corrected chi connectivity index (χ0v) is 9.86. The Hall–Kier alpha value is -0.220. The Bertz CT molecular complexity index is 320. The first-order chi connectivity index (χ1) is 6.62. The maximum absolute atomic E-state index is 5.87. The van der Waals surface area contributed by atoms with Crippen LogP contribution in [0.1, 0.15) is 43.8 Å². The van der Waals surface area contributed by atoms with E-state index in [0.717, 1.165) is 12.3 Å². The van der Waals surface area contributed by atoms with E-state index in [1.165, 1.54) is 12.2 Å². The summed E-state index contributed by atoms with van der Waals surface area (Å²) < 4.78 is 5.57. The van der Waals surface area contributed by atoms with Gasteiger partial charge in [0, 0.05) is 0 Å². The van der Waals surface area contributed by atoms with Gasteiger partial charge in [-0.15, -0.1) is 33.6 Å². The van der Waals surface area contributed by atoms with Crippen LogP contribution in [0, 0.1) is 0 Å². The molecule has 0 radical (unpaired) electrons. The molecule has 0 saturated carbocycles. The van der Waals surface area contributed by atoms with E-state index in [4.69, 9.17) is 16.0 Å². The zero-order chi connectivity index (χ0) is 10.2. The minimum Gasteiger partial charge on any atom is -0.422 e. The van der Waals surface area contributed by atoms with Crippen molar-refractivity contribution in [3.05, 3.63) is 11.8 Å². The van der Waals surface area contributed by atoms with Crippen LogP contribution in [0.25, 0.3) is 0 Å². The number of alkyl halides is 1. The van der Waals surface area contributed by atoms with Crippen LogP contribution in [0.4, 0.5) is 0 Å². The van der Waals surface area contributed by atoms with Crippen molar-refractivity contribution in [2.75, 3.05) is 5.75 Å². The van der Waals surface area contributed by atoms with Gasteiger partial charge in [-0.3, -0.25) is 0 Å². The lowest BCUT2D eigenvalue weighted by molar-refractivity contribution is 0.401. The lowest BCUT2D eigenvalue weighted by Crippen LogP contribution is -2.13. The normalized spacial score (nSPS) is 29.4. The molecule has 1 aliphatic rings. The van der Waals surface area contributed by atoms with Crippen molar-refractivity contribution in [3.8, 4) is 0 Å². The molecule has 2 unspecified atom stereocenters. The van der Waals surface area contributed by atoms with Crippen LogP contribution in [-0.2, 0) is 4.75 Å². The van der Waals surface area contributed by atoms with Crippen LogP contribution < -0.4 is 0 Å². The van der Waals surface area contributed by atoms with Crippen LogP contribution in [-0.4, -0.2) is 16.0 Å². The molecule has 0 spiro atoms. The Morgan fingerprint density at radius 1 is 1.57 bits per heavy atom. The van der Waals surface area contributed by atoms with Crippen molar-refractivity contribution < 1.29 is 4.42 Å². The van der Waals surface area contributed by atoms with E-state index < -0.39 is 0 Å². The van der Waals surface area contributed by atoms with Crippen LogP contribution >= 0.6 is 23.4 Å². The molecule has 5 heteroatoms. The third-order valence-corrected chi connectivity index (χ3v) is 4.15. The van der Waals surface area contributed by atoms with Crippen LogP contribution in [0.2, 0.25) is 0 Å². The van der Waals surface area contributed by atoms with E-state index in [-0.39, 0.29) is 10.1 Å². The summed E-state index contributed by atoms with van der Waals surface area (Å²) in [6, 6.07) is 0. The predicted molar refractivity (Wildman–Crippen MR) is 57.6 cm³/mol. The van der Waals surface area contributed by atoms with Gasteiger partial charge in [0.15, 0.2) is 0 Å². The summed E-state index contributed by atoms with van der Waals surface area (Å²) in [6.45, 7) is 3.99. The summed E-state index contributed by atoms with van der Waals surface area (Å²) in [6.07, 6.45) is 2.32. The molecule has 1 aliphatic heterocycles. The summed E-state index contributed by atoms with van der Waals surface area (Å²) in [4.78, 5) is 0. The minimum absolute atomic E-state index is 0.0109. The van der Waals surface area contributed by atoms with Gasteiger partial charge in [-0.05, 0) is 32.4 Å². The van der Waals surface area contributed by atoms with E-state index in [0.29, 0.717) is 5.89 Å². The average molecular weight is 233 g/mol. The Morgan fingerprint density at radius 2 is 2.36 bits per heavy atom. The summed E-state index contributed by atoms with van der Waals surface area (Å²) in [7, 11) is 0. The monoisotopic (exact) mass is 232 g/mol. The van der Waals surface area contributed by atoms with Crippen molar-refractivity contribution in [3.63, 3.8) is 0 Å². The van der Waals surface area contributed by atoms with Crippen LogP contribution in [0.5, 0.6) is 0 Å². The highest BCUT2D eigenvalue weighted by Crippen LogP contribution is 2.45. The second kappa shape index (κ2) is 3.74. The first kappa shape index (κ1) is 10.3. The second-order valence-electron chi connectivity index (χ2n) is 3.74. The minimum atomic E-state index is -0.203. The molecular formula is C9H13ClN2OS. The summed E-state index contributed by atoms with van der Waals surface area (Å²) in [5.74, 6) is 2.42. The molecule has 14 heavy (non-hydrogen) atoms. The summed E-state index contributed by atoms with van der Waals surface area (Å²) in [5.41, 5.74) is 0. The zero-order valence-electron chi connectivity index (χ0n) is 8.29. The Balaban J connectivity index is 2.23. The summed E-state index contributed by atoms with van der Waals surface area (Å²) >= 11 is 7.75. The molecule has 1 aromatic heterocycles. The molecule has 3 nitrogen and oxygen atoms in total. The Labute approximate surface area is 92.6 Å². The average Bonchev–Trinajstić information content (AvgIpc) is 2.71. The smallest absolute Gasteiger partial charge is 0.234 e. The molecule has 78 valence electrons. The molecule has 2 atom stereocenters. The molecule has 1 fully saturated rings. The fraction of sp³-hybridized carbons (Fsp3) is 0.778.